The van der Waals surface area contributed by atoms with Gasteiger partial charge in [-0.15, -0.1) is 0 Å². The number of hydrogen-bond acceptors (Lipinski definition) is 2. The van der Waals surface area contributed by atoms with E-state index in [9.17, 15) is 13.9 Å². The average molecular weight is 284 g/mol. The number of rotatable bonds is 4. The first kappa shape index (κ1) is 13.8. The minimum atomic E-state index is -1.09. The van der Waals surface area contributed by atoms with Crippen molar-refractivity contribution in [2.75, 3.05) is 11.9 Å². The van der Waals surface area contributed by atoms with Crippen LogP contribution in [0, 0.1) is 11.6 Å². The summed E-state index contributed by atoms with van der Waals surface area (Å²) < 4.78 is 26.2. The average Bonchev–Trinajstić information content (AvgIpc) is 2.37. The predicted octanol–water partition coefficient (Wildman–Crippen LogP) is 3.76. The van der Waals surface area contributed by atoms with Crippen molar-refractivity contribution in [2.24, 2.45) is 0 Å². The van der Waals surface area contributed by atoms with Crippen LogP contribution in [0.4, 0.5) is 14.5 Å². The van der Waals surface area contributed by atoms with Gasteiger partial charge < -0.3 is 10.4 Å². The normalized spacial score (nSPS) is 12.2. The summed E-state index contributed by atoms with van der Waals surface area (Å²) in [5.74, 6) is -1.44. The quantitative estimate of drug-likeness (QED) is 0.895. The Hall–Kier alpha value is -1.65. The Labute approximate surface area is 114 Å². The molecule has 2 N–H and O–H groups in total. The second-order valence-corrected chi connectivity index (χ2v) is 4.45. The summed E-state index contributed by atoms with van der Waals surface area (Å²) >= 11 is 5.94. The topological polar surface area (TPSA) is 32.3 Å². The summed E-state index contributed by atoms with van der Waals surface area (Å²) in [6.45, 7) is 0.0757. The van der Waals surface area contributed by atoms with Gasteiger partial charge in [-0.25, -0.2) is 8.78 Å². The highest BCUT2D eigenvalue weighted by Gasteiger charge is 2.13. The summed E-state index contributed by atoms with van der Waals surface area (Å²) in [5.41, 5.74) is 0.687. The van der Waals surface area contributed by atoms with E-state index in [1.54, 1.807) is 24.3 Å². The second kappa shape index (κ2) is 5.99. The van der Waals surface area contributed by atoms with Gasteiger partial charge in [0.2, 0.25) is 0 Å². The molecule has 0 saturated carbocycles. The van der Waals surface area contributed by atoms with Gasteiger partial charge in [0.15, 0.2) is 0 Å². The second-order valence-electron chi connectivity index (χ2n) is 4.04. The van der Waals surface area contributed by atoms with Crippen LogP contribution in [0.3, 0.4) is 0 Å². The number of hydrogen-bond donors (Lipinski definition) is 2. The van der Waals surface area contributed by atoms with Gasteiger partial charge in [-0.1, -0.05) is 29.8 Å². The van der Waals surface area contributed by atoms with Gasteiger partial charge in [0, 0.05) is 18.2 Å². The molecule has 0 amide bonds. The van der Waals surface area contributed by atoms with E-state index in [2.05, 4.69) is 5.32 Å². The minimum absolute atomic E-state index is 0.0425. The third-order valence-corrected chi connectivity index (χ3v) is 3.01. The van der Waals surface area contributed by atoms with E-state index >= 15 is 0 Å². The van der Waals surface area contributed by atoms with Gasteiger partial charge in [-0.05, 0) is 18.2 Å². The molecular formula is C14H12ClF2NO. The predicted molar refractivity (Wildman–Crippen MR) is 71.3 cm³/mol. The molecule has 2 rings (SSSR count). The fourth-order valence-electron chi connectivity index (χ4n) is 1.69. The van der Waals surface area contributed by atoms with Crippen molar-refractivity contribution >= 4 is 17.3 Å². The maximum Gasteiger partial charge on any atom is 0.131 e. The molecule has 0 aliphatic carbocycles. The van der Waals surface area contributed by atoms with Crippen molar-refractivity contribution in [1.82, 2.24) is 0 Å². The molecule has 2 aromatic carbocycles. The third kappa shape index (κ3) is 3.43. The van der Waals surface area contributed by atoms with Crippen LogP contribution in [0.2, 0.25) is 5.02 Å². The molecule has 2 aromatic rings. The summed E-state index contributed by atoms with van der Waals surface area (Å²) in [7, 11) is 0. The molecule has 1 unspecified atom stereocenters. The first-order chi connectivity index (χ1) is 9.08. The Kier molecular flexibility index (Phi) is 4.35. The molecule has 0 aliphatic rings. The van der Waals surface area contributed by atoms with Crippen LogP contribution in [0.15, 0.2) is 42.5 Å². The lowest BCUT2D eigenvalue weighted by atomic mass is 10.1. The molecule has 0 aromatic heterocycles. The van der Waals surface area contributed by atoms with Gasteiger partial charge in [0.25, 0.3) is 0 Å². The molecule has 0 radical (unpaired) electrons. The maximum atomic E-state index is 13.5. The first-order valence-electron chi connectivity index (χ1n) is 5.69. The summed E-state index contributed by atoms with van der Waals surface area (Å²) in [6.07, 6.45) is -1.09. The lowest BCUT2D eigenvalue weighted by Crippen LogP contribution is -2.13. The summed E-state index contributed by atoms with van der Waals surface area (Å²) in [5, 5.41) is 13.3. The van der Waals surface area contributed by atoms with Gasteiger partial charge in [-0.2, -0.15) is 0 Å². The Bertz CT molecular complexity index is 577. The highest BCUT2D eigenvalue weighted by atomic mass is 35.5. The number of benzene rings is 2. The fourth-order valence-corrected chi connectivity index (χ4v) is 1.90. The molecule has 19 heavy (non-hydrogen) atoms. The van der Waals surface area contributed by atoms with E-state index in [4.69, 9.17) is 11.6 Å². The smallest absolute Gasteiger partial charge is 0.131 e. The van der Waals surface area contributed by atoms with Crippen LogP contribution >= 0.6 is 11.6 Å². The molecule has 0 aliphatic heterocycles. The highest BCUT2D eigenvalue weighted by Crippen LogP contribution is 2.23. The molecular weight excluding hydrogens is 272 g/mol. The molecule has 0 heterocycles. The van der Waals surface area contributed by atoms with Crippen molar-refractivity contribution in [2.45, 2.75) is 6.10 Å². The maximum absolute atomic E-state index is 13.5. The zero-order valence-electron chi connectivity index (χ0n) is 9.91. The van der Waals surface area contributed by atoms with Gasteiger partial charge in [0.05, 0.1) is 16.8 Å². The van der Waals surface area contributed by atoms with Crippen molar-refractivity contribution < 1.29 is 13.9 Å². The van der Waals surface area contributed by atoms with E-state index in [0.717, 1.165) is 12.1 Å². The van der Waals surface area contributed by atoms with Gasteiger partial charge in [-0.3, -0.25) is 0 Å². The molecule has 0 bridgehead atoms. The number of aliphatic hydroxyl groups excluding tert-OH is 1. The Morgan fingerprint density at radius 3 is 2.58 bits per heavy atom. The van der Waals surface area contributed by atoms with Crippen LogP contribution in [0.1, 0.15) is 11.7 Å². The Balaban J connectivity index is 2.05. The van der Waals surface area contributed by atoms with Crippen molar-refractivity contribution in [3.05, 3.63) is 64.7 Å². The SMILES string of the molecule is OC(CNc1ccccc1Cl)c1ccc(F)cc1F. The molecule has 2 nitrogen and oxygen atoms in total. The number of nitrogens with one attached hydrogen (secondary N) is 1. The molecule has 0 spiro atoms. The number of aliphatic hydroxyl groups is 1. The van der Waals surface area contributed by atoms with E-state index in [1.165, 1.54) is 6.07 Å². The van der Waals surface area contributed by atoms with E-state index in [0.29, 0.717) is 10.7 Å². The molecule has 100 valence electrons. The molecule has 0 saturated heterocycles. The Morgan fingerprint density at radius 1 is 1.16 bits per heavy atom. The molecule has 5 heteroatoms. The monoisotopic (exact) mass is 283 g/mol. The van der Waals surface area contributed by atoms with Crippen LogP contribution in [0.5, 0.6) is 0 Å². The van der Waals surface area contributed by atoms with Crippen molar-refractivity contribution in [1.29, 1.82) is 0 Å². The zero-order valence-corrected chi connectivity index (χ0v) is 10.7. The molecule has 1 atom stereocenters. The number of anilines is 1. The van der Waals surface area contributed by atoms with Crippen LogP contribution in [-0.2, 0) is 0 Å². The van der Waals surface area contributed by atoms with Gasteiger partial charge >= 0.3 is 0 Å². The van der Waals surface area contributed by atoms with E-state index in [1.807, 2.05) is 0 Å². The van der Waals surface area contributed by atoms with Crippen LogP contribution in [0.25, 0.3) is 0 Å². The first-order valence-corrected chi connectivity index (χ1v) is 6.07. The molecule has 0 fully saturated rings. The van der Waals surface area contributed by atoms with Crippen LogP contribution in [-0.4, -0.2) is 11.7 Å². The standard InChI is InChI=1S/C14H12ClF2NO/c15-11-3-1-2-4-13(11)18-8-14(19)10-6-5-9(16)7-12(10)17/h1-7,14,18-19H,8H2. The summed E-state index contributed by atoms with van der Waals surface area (Å²) in [6, 6.07) is 10.1. The lowest BCUT2D eigenvalue weighted by molar-refractivity contribution is 0.186. The highest BCUT2D eigenvalue weighted by molar-refractivity contribution is 6.33. The van der Waals surface area contributed by atoms with Crippen molar-refractivity contribution in [3.8, 4) is 0 Å². The van der Waals surface area contributed by atoms with Crippen molar-refractivity contribution in [3.63, 3.8) is 0 Å². The van der Waals surface area contributed by atoms with Crippen LogP contribution < -0.4 is 5.32 Å². The Morgan fingerprint density at radius 2 is 1.89 bits per heavy atom. The number of para-hydroxylation sites is 1. The fraction of sp³-hybridized carbons (Fsp3) is 0.143. The zero-order chi connectivity index (χ0) is 13.8. The van der Waals surface area contributed by atoms with E-state index < -0.39 is 17.7 Å². The summed E-state index contributed by atoms with van der Waals surface area (Å²) in [4.78, 5) is 0. The van der Waals surface area contributed by atoms with Gasteiger partial charge in [0.1, 0.15) is 11.6 Å². The third-order valence-electron chi connectivity index (χ3n) is 2.68. The van der Waals surface area contributed by atoms with E-state index in [-0.39, 0.29) is 12.1 Å². The largest absolute Gasteiger partial charge is 0.386 e. The minimum Gasteiger partial charge on any atom is -0.386 e. The lowest BCUT2D eigenvalue weighted by Gasteiger charge is -2.14. The number of halogens is 3.